The van der Waals surface area contributed by atoms with E-state index in [2.05, 4.69) is 6.92 Å². The van der Waals surface area contributed by atoms with Crippen molar-refractivity contribution >= 4 is 11.8 Å². The molecule has 1 saturated heterocycles. The topological polar surface area (TPSA) is 66.6 Å². The minimum Gasteiger partial charge on any atom is -0.344 e. The molecule has 0 bridgehead atoms. The van der Waals surface area contributed by atoms with E-state index in [0.717, 1.165) is 32.2 Å². The van der Waals surface area contributed by atoms with Gasteiger partial charge in [0, 0.05) is 26.2 Å². The quantitative estimate of drug-likeness (QED) is 0.749. The second-order valence-corrected chi connectivity index (χ2v) is 6.02. The van der Waals surface area contributed by atoms with Crippen LogP contribution in [-0.4, -0.2) is 54.3 Å². The molecule has 19 heavy (non-hydrogen) atoms. The van der Waals surface area contributed by atoms with E-state index in [1.165, 1.54) is 0 Å². The van der Waals surface area contributed by atoms with Crippen LogP contribution in [0.2, 0.25) is 0 Å². The number of likely N-dealkylation sites (N-methyl/N-ethyl adjacent to an activating group) is 1. The standard InChI is InChI=1S/C14H25N3O2/c1-10-5-3-6-11(13(10)15)14(19)17-8-4-7-16(2)12(18)9-17/h10-11,13H,3-9,15H2,1-2H3. The fourth-order valence-electron chi connectivity index (χ4n) is 3.14. The van der Waals surface area contributed by atoms with Gasteiger partial charge in [-0.1, -0.05) is 13.3 Å². The predicted octanol–water partition coefficient (Wildman–Crippen LogP) is 0.441. The lowest BCUT2D eigenvalue weighted by atomic mass is 9.77. The minimum atomic E-state index is -0.0973. The summed E-state index contributed by atoms with van der Waals surface area (Å²) in [5, 5.41) is 0. The van der Waals surface area contributed by atoms with Crippen molar-refractivity contribution in [3.63, 3.8) is 0 Å². The molecular formula is C14H25N3O2. The molecule has 5 heteroatoms. The lowest BCUT2D eigenvalue weighted by Gasteiger charge is -2.35. The normalized spacial score (nSPS) is 33.2. The summed E-state index contributed by atoms with van der Waals surface area (Å²) in [7, 11) is 1.80. The average molecular weight is 267 g/mol. The Bertz CT molecular complexity index is 359. The van der Waals surface area contributed by atoms with Gasteiger partial charge in [-0.2, -0.15) is 0 Å². The molecule has 0 spiro atoms. The second-order valence-electron chi connectivity index (χ2n) is 6.02. The van der Waals surface area contributed by atoms with E-state index < -0.39 is 0 Å². The molecule has 5 nitrogen and oxygen atoms in total. The highest BCUT2D eigenvalue weighted by Gasteiger charge is 2.36. The Morgan fingerprint density at radius 2 is 2.00 bits per heavy atom. The molecule has 2 amide bonds. The van der Waals surface area contributed by atoms with Crippen LogP contribution in [0.3, 0.4) is 0 Å². The fraction of sp³-hybridized carbons (Fsp3) is 0.857. The number of carbonyl (C=O) groups excluding carboxylic acids is 2. The third kappa shape index (κ3) is 3.08. The number of hydrogen-bond acceptors (Lipinski definition) is 3. The fourth-order valence-corrected chi connectivity index (χ4v) is 3.14. The van der Waals surface area contributed by atoms with Crippen LogP contribution in [0.1, 0.15) is 32.6 Å². The highest BCUT2D eigenvalue weighted by molar-refractivity contribution is 5.86. The Labute approximate surface area is 115 Å². The molecule has 2 aliphatic rings. The van der Waals surface area contributed by atoms with Gasteiger partial charge in [0.05, 0.1) is 12.5 Å². The van der Waals surface area contributed by atoms with Crippen LogP contribution in [-0.2, 0) is 9.59 Å². The van der Waals surface area contributed by atoms with E-state index in [0.29, 0.717) is 12.5 Å². The molecule has 1 heterocycles. The monoisotopic (exact) mass is 267 g/mol. The number of hydrogen-bond donors (Lipinski definition) is 1. The van der Waals surface area contributed by atoms with Crippen molar-refractivity contribution in [2.24, 2.45) is 17.6 Å². The first-order valence-electron chi connectivity index (χ1n) is 7.29. The zero-order valence-electron chi connectivity index (χ0n) is 12.0. The van der Waals surface area contributed by atoms with Crippen LogP contribution < -0.4 is 5.73 Å². The number of rotatable bonds is 1. The second kappa shape index (κ2) is 5.90. The van der Waals surface area contributed by atoms with Crippen molar-refractivity contribution in [2.75, 3.05) is 26.7 Å². The van der Waals surface area contributed by atoms with Gasteiger partial charge in [-0.15, -0.1) is 0 Å². The third-order valence-electron chi connectivity index (χ3n) is 4.60. The number of nitrogens with two attached hydrogens (primary N) is 1. The summed E-state index contributed by atoms with van der Waals surface area (Å²) in [5.74, 6) is 0.416. The highest BCUT2D eigenvalue weighted by Crippen LogP contribution is 2.29. The minimum absolute atomic E-state index is 0.0308. The van der Waals surface area contributed by atoms with Gasteiger partial charge in [-0.05, 0) is 25.2 Å². The summed E-state index contributed by atoms with van der Waals surface area (Å²) < 4.78 is 0. The maximum Gasteiger partial charge on any atom is 0.241 e. The Morgan fingerprint density at radius 3 is 2.74 bits per heavy atom. The van der Waals surface area contributed by atoms with Crippen LogP contribution in [0.15, 0.2) is 0 Å². The van der Waals surface area contributed by atoms with Crippen molar-refractivity contribution < 1.29 is 9.59 Å². The zero-order valence-corrected chi connectivity index (χ0v) is 12.0. The number of carbonyl (C=O) groups is 2. The highest BCUT2D eigenvalue weighted by atomic mass is 16.2. The van der Waals surface area contributed by atoms with E-state index in [1.807, 2.05) is 0 Å². The van der Waals surface area contributed by atoms with E-state index in [9.17, 15) is 9.59 Å². The molecule has 2 rings (SSSR count). The lowest BCUT2D eigenvalue weighted by Crippen LogP contribution is -2.50. The molecule has 3 atom stereocenters. The largest absolute Gasteiger partial charge is 0.344 e. The molecule has 1 aliphatic carbocycles. The number of amides is 2. The summed E-state index contributed by atoms with van der Waals surface area (Å²) in [6.45, 7) is 3.74. The van der Waals surface area contributed by atoms with Gasteiger partial charge in [-0.25, -0.2) is 0 Å². The molecule has 108 valence electrons. The van der Waals surface area contributed by atoms with Crippen LogP contribution in [0, 0.1) is 11.8 Å². The van der Waals surface area contributed by atoms with Crippen molar-refractivity contribution in [1.29, 1.82) is 0 Å². The predicted molar refractivity (Wildman–Crippen MR) is 73.3 cm³/mol. The van der Waals surface area contributed by atoms with Gasteiger partial charge in [0.25, 0.3) is 0 Å². The molecule has 3 unspecified atom stereocenters. The van der Waals surface area contributed by atoms with Crippen LogP contribution >= 0.6 is 0 Å². The zero-order chi connectivity index (χ0) is 14.0. The van der Waals surface area contributed by atoms with E-state index in [1.54, 1.807) is 16.8 Å². The van der Waals surface area contributed by atoms with Crippen molar-refractivity contribution in [1.82, 2.24) is 9.80 Å². The van der Waals surface area contributed by atoms with Crippen molar-refractivity contribution in [3.8, 4) is 0 Å². The van der Waals surface area contributed by atoms with Gasteiger partial charge in [0.1, 0.15) is 0 Å². The third-order valence-corrected chi connectivity index (χ3v) is 4.60. The SMILES string of the molecule is CC1CCCC(C(=O)N2CCCN(C)C(=O)C2)C1N. The van der Waals surface area contributed by atoms with Gasteiger partial charge in [-0.3, -0.25) is 9.59 Å². The molecular weight excluding hydrogens is 242 g/mol. The summed E-state index contributed by atoms with van der Waals surface area (Å²) in [4.78, 5) is 27.9. The van der Waals surface area contributed by atoms with Gasteiger partial charge in [0.2, 0.25) is 11.8 Å². The van der Waals surface area contributed by atoms with Crippen LogP contribution in [0.5, 0.6) is 0 Å². The Balaban J connectivity index is 2.04. The molecule has 1 aliphatic heterocycles. The molecule has 2 N–H and O–H groups in total. The van der Waals surface area contributed by atoms with Gasteiger partial charge in [0.15, 0.2) is 0 Å². The Morgan fingerprint density at radius 1 is 1.26 bits per heavy atom. The first-order valence-corrected chi connectivity index (χ1v) is 7.29. The molecule has 0 aromatic heterocycles. The molecule has 0 aromatic carbocycles. The summed E-state index contributed by atoms with van der Waals surface area (Å²) >= 11 is 0. The van der Waals surface area contributed by atoms with Crippen LogP contribution in [0.25, 0.3) is 0 Å². The van der Waals surface area contributed by atoms with E-state index in [-0.39, 0.29) is 30.3 Å². The van der Waals surface area contributed by atoms with E-state index in [4.69, 9.17) is 5.73 Å². The molecule has 0 aromatic rings. The maximum atomic E-state index is 12.6. The van der Waals surface area contributed by atoms with Gasteiger partial charge >= 0.3 is 0 Å². The van der Waals surface area contributed by atoms with Crippen molar-refractivity contribution in [3.05, 3.63) is 0 Å². The first-order chi connectivity index (χ1) is 9.00. The van der Waals surface area contributed by atoms with Crippen LogP contribution in [0.4, 0.5) is 0 Å². The molecule has 0 radical (unpaired) electrons. The Kier molecular flexibility index (Phi) is 4.45. The average Bonchev–Trinajstić information content (AvgIpc) is 2.55. The van der Waals surface area contributed by atoms with Crippen molar-refractivity contribution in [2.45, 2.75) is 38.6 Å². The lowest BCUT2D eigenvalue weighted by molar-refractivity contribution is -0.142. The Hall–Kier alpha value is -1.10. The summed E-state index contributed by atoms with van der Waals surface area (Å²) in [5.41, 5.74) is 6.19. The summed E-state index contributed by atoms with van der Waals surface area (Å²) in [6.07, 6.45) is 3.88. The first kappa shape index (κ1) is 14.3. The molecule has 1 saturated carbocycles. The number of nitrogens with zero attached hydrogens (tertiary/aromatic N) is 2. The van der Waals surface area contributed by atoms with Gasteiger partial charge < -0.3 is 15.5 Å². The smallest absolute Gasteiger partial charge is 0.241 e. The summed E-state index contributed by atoms with van der Waals surface area (Å²) in [6, 6.07) is -0.0580. The van der Waals surface area contributed by atoms with E-state index >= 15 is 0 Å². The maximum absolute atomic E-state index is 12.6. The molecule has 2 fully saturated rings.